The van der Waals surface area contributed by atoms with Gasteiger partial charge in [-0.1, -0.05) is 36.4 Å². The van der Waals surface area contributed by atoms with Gasteiger partial charge < -0.3 is 4.90 Å². The Balaban J connectivity index is 1.73. The first-order chi connectivity index (χ1) is 10.5. The van der Waals surface area contributed by atoms with Crippen molar-refractivity contribution in [3.8, 4) is 0 Å². The molecule has 114 valence electrons. The molecule has 0 aromatic heterocycles. The van der Waals surface area contributed by atoms with Crippen LogP contribution in [0.5, 0.6) is 0 Å². The number of thioether (sulfide) groups is 1. The number of hydrogen-bond donors (Lipinski definition) is 0. The molecule has 1 aliphatic rings. The van der Waals surface area contributed by atoms with Crippen LogP contribution in [-0.4, -0.2) is 12.4 Å². The molecule has 1 nitrogen and oxygen atoms in total. The van der Waals surface area contributed by atoms with E-state index in [0.29, 0.717) is 0 Å². The topological polar surface area (TPSA) is 3.24 Å². The number of rotatable bonds is 2. The summed E-state index contributed by atoms with van der Waals surface area (Å²) in [6, 6.07) is 15.4. The zero-order chi connectivity index (χ0) is 15.6. The van der Waals surface area contributed by atoms with E-state index in [4.69, 9.17) is 0 Å². The molecule has 0 radical (unpaired) electrons. The Hall–Kier alpha value is -1.88. The molecule has 0 atom stereocenters. The van der Waals surface area contributed by atoms with E-state index < -0.39 is 11.7 Å². The molecule has 0 saturated carbocycles. The van der Waals surface area contributed by atoms with Gasteiger partial charge in [0, 0.05) is 17.1 Å². The minimum Gasteiger partial charge on any atom is -0.358 e. The van der Waals surface area contributed by atoms with Crippen LogP contribution in [-0.2, 0) is 6.18 Å². The summed E-state index contributed by atoms with van der Waals surface area (Å²) in [5, 5.41) is 0. The Bertz CT molecular complexity index is 663. The van der Waals surface area contributed by atoms with Crippen molar-refractivity contribution in [1.82, 2.24) is 0 Å². The van der Waals surface area contributed by atoms with Crippen molar-refractivity contribution in [2.24, 2.45) is 0 Å². The average Bonchev–Trinajstić information content (AvgIpc) is 2.55. The van der Waals surface area contributed by atoms with E-state index in [9.17, 15) is 13.2 Å². The molecular formula is C17H14F3NS. The van der Waals surface area contributed by atoms with Crippen LogP contribution in [0.15, 0.2) is 60.7 Å². The third-order valence-corrected chi connectivity index (χ3v) is 4.65. The molecule has 0 saturated heterocycles. The van der Waals surface area contributed by atoms with Crippen LogP contribution in [0, 0.1) is 0 Å². The fourth-order valence-electron chi connectivity index (χ4n) is 2.30. The van der Waals surface area contributed by atoms with E-state index in [-0.39, 0.29) is 0 Å². The first-order valence-corrected chi connectivity index (χ1v) is 7.83. The maximum absolute atomic E-state index is 12.6. The van der Waals surface area contributed by atoms with Gasteiger partial charge in [-0.15, -0.1) is 11.8 Å². The number of hydrogen-bond acceptors (Lipinski definition) is 2. The summed E-state index contributed by atoms with van der Waals surface area (Å²) >= 11 is 1.64. The molecule has 5 heteroatoms. The summed E-state index contributed by atoms with van der Waals surface area (Å²) in [5.74, 6) is 0.789. The smallest absolute Gasteiger partial charge is 0.358 e. The SMILES string of the molecule is FC(F)(F)c1ccc(C2=CCN(c3ccccc3)CS2)cc1. The first-order valence-electron chi connectivity index (χ1n) is 6.84. The largest absolute Gasteiger partial charge is 0.416 e. The molecule has 0 N–H and O–H groups in total. The molecule has 2 aromatic rings. The number of halogens is 3. The number of benzene rings is 2. The highest BCUT2D eigenvalue weighted by atomic mass is 32.2. The summed E-state index contributed by atoms with van der Waals surface area (Å²) in [7, 11) is 0. The Morgan fingerprint density at radius 1 is 0.909 bits per heavy atom. The van der Waals surface area contributed by atoms with Gasteiger partial charge in [0.2, 0.25) is 0 Å². The van der Waals surface area contributed by atoms with Crippen LogP contribution in [0.2, 0.25) is 0 Å². The van der Waals surface area contributed by atoms with Crippen molar-refractivity contribution >= 4 is 22.4 Å². The Morgan fingerprint density at radius 2 is 1.59 bits per heavy atom. The molecule has 0 aliphatic carbocycles. The van der Waals surface area contributed by atoms with E-state index in [1.54, 1.807) is 23.9 Å². The summed E-state index contributed by atoms with van der Waals surface area (Å²) in [4.78, 5) is 3.25. The molecule has 1 aliphatic heterocycles. The van der Waals surface area contributed by atoms with Crippen molar-refractivity contribution < 1.29 is 13.2 Å². The van der Waals surface area contributed by atoms with Crippen LogP contribution in [0.25, 0.3) is 4.91 Å². The number of alkyl halides is 3. The summed E-state index contributed by atoms with van der Waals surface area (Å²) in [6.07, 6.45) is -2.22. The molecule has 0 spiro atoms. The average molecular weight is 321 g/mol. The molecule has 0 amide bonds. The Kier molecular flexibility index (Phi) is 4.16. The van der Waals surface area contributed by atoms with Gasteiger partial charge >= 0.3 is 6.18 Å². The van der Waals surface area contributed by atoms with E-state index >= 15 is 0 Å². The first kappa shape index (κ1) is 15.0. The van der Waals surface area contributed by atoms with E-state index in [2.05, 4.69) is 23.1 Å². The van der Waals surface area contributed by atoms with Crippen molar-refractivity contribution in [3.05, 3.63) is 71.8 Å². The third-order valence-electron chi connectivity index (χ3n) is 3.49. The predicted molar refractivity (Wildman–Crippen MR) is 85.7 cm³/mol. The second kappa shape index (κ2) is 6.08. The van der Waals surface area contributed by atoms with Crippen molar-refractivity contribution in [2.45, 2.75) is 6.18 Å². The summed E-state index contributed by atoms with van der Waals surface area (Å²) < 4.78 is 37.7. The van der Waals surface area contributed by atoms with Crippen molar-refractivity contribution in [3.63, 3.8) is 0 Å². The monoisotopic (exact) mass is 321 g/mol. The Morgan fingerprint density at radius 3 is 2.14 bits per heavy atom. The minimum absolute atomic E-state index is 0.608. The fraction of sp³-hybridized carbons (Fsp3) is 0.176. The maximum atomic E-state index is 12.6. The normalized spacial score (nSPS) is 15.6. The second-order valence-electron chi connectivity index (χ2n) is 4.97. The molecule has 1 heterocycles. The zero-order valence-corrected chi connectivity index (χ0v) is 12.5. The highest BCUT2D eigenvalue weighted by molar-refractivity contribution is 8.08. The quantitative estimate of drug-likeness (QED) is 0.742. The van der Waals surface area contributed by atoms with Gasteiger partial charge in [-0.25, -0.2) is 0 Å². The Labute approximate surface area is 131 Å². The molecule has 2 aromatic carbocycles. The molecule has 22 heavy (non-hydrogen) atoms. The molecule has 0 bridgehead atoms. The highest BCUT2D eigenvalue weighted by Gasteiger charge is 2.30. The van der Waals surface area contributed by atoms with Crippen LogP contribution >= 0.6 is 11.8 Å². The summed E-state index contributed by atoms with van der Waals surface area (Å²) in [5.41, 5.74) is 1.38. The lowest BCUT2D eigenvalue weighted by Crippen LogP contribution is -2.25. The van der Waals surface area contributed by atoms with Crippen LogP contribution < -0.4 is 4.90 Å². The highest BCUT2D eigenvalue weighted by Crippen LogP contribution is 2.35. The summed E-state index contributed by atoms with van der Waals surface area (Å²) in [6.45, 7) is 0.757. The standard InChI is InChI=1S/C17H14F3NS/c18-17(19,20)14-8-6-13(7-9-14)16-10-11-21(12-22-16)15-4-2-1-3-5-15/h1-10H,11-12H2. The predicted octanol–water partition coefficient (Wildman–Crippen LogP) is 5.26. The van der Waals surface area contributed by atoms with Gasteiger partial charge in [-0.05, 0) is 29.8 Å². The van der Waals surface area contributed by atoms with Gasteiger partial charge in [0.05, 0.1) is 11.4 Å². The van der Waals surface area contributed by atoms with E-state index in [1.165, 1.54) is 0 Å². The molecular weight excluding hydrogens is 307 g/mol. The fourth-order valence-corrected chi connectivity index (χ4v) is 3.34. The van der Waals surface area contributed by atoms with Crippen LogP contribution in [0.4, 0.5) is 18.9 Å². The van der Waals surface area contributed by atoms with Gasteiger partial charge in [-0.2, -0.15) is 13.2 Å². The van der Waals surface area contributed by atoms with Crippen molar-refractivity contribution in [1.29, 1.82) is 0 Å². The number of para-hydroxylation sites is 1. The molecule has 3 rings (SSSR count). The maximum Gasteiger partial charge on any atom is 0.416 e. The molecule has 0 fully saturated rings. The third kappa shape index (κ3) is 3.30. The lowest BCUT2D eigenvalue weighted by Gasteiger charge is -2.28. The lowest BCUT2D eigenvalue weighted by molar-refractivity contribution is -0.137. The minimum atomic E-state index is -4.28. The van der Waals surface area contributed by atoms with Gasteiger partial charge in [-0.3, -0.25) is 0 Å². The van der Waals surface area contributed by atoms with Crippen LogP contribution in [0.1, 0.15) is 11.1 Å². The van der Waals surface area contributed by atoms with Gasteiger partial charge in [0.15, 0.2) is 0 Å². The zero-order valence-electron chi connectivity index (χ0n) is 11.7. The molecule has 0 unspecified atom stereocenters. The number of anilines is 1. The second-order valence-corrected chi connectivity index (χ2v) is 5.96. The number of nitrogens with zero attached hydrogens (tertiary/aromatic N) is 1. The van der Waals surface area contributed by atoms with Gasteiger partial charge in [0.1, 0.15) is 0 Å². The van der Waals surface area contributed by atoms with Gasteiger partial charge in [0.25, 0.3) is 0 Å². The van der Waals surface area contributed by atoms with E-state index in [0.717, 1.165) is 40.7 Å². The lowest BCUT2D eigenvalue weighted by atomic mass is 10.1. The van der Waals surface area contributed by atoms with E-state index in [1.807, 2.05) is 18.2 Å². The van der Waals surface area contributed by atoms with Crippen molar-refractivity contribution in [2.75, 3.05) is 17.3 Å². The van der Waals surface area contributed by atoms with Crippen LogP contribution in [0.3, 0.4) is 0 Å².